The molecule has 38 heavy (non-hydrogen) atoms. The maximum absolute atomic E-state index is 14.0. The van der Waals surface area contributed by atoms with Gasteiger partial charge in [-0.05, 0) is 57.5 Å². The van der Waals surface area contributed by atoms with Crippen molar-refractivity contribution >= 4 is 24.1 Å². The Balaban J connectivity index is 0.00000400. The molecule has 1 aromatic heterocycles. The second-order valence-corrected chi connectivity index (χ2v) is 9.28. The number of nitrogens with zero attached hydrogens (tertiary/aromatic N) is 4. The number of piperidine rings is 1. The van der Waals surface area contributed by atoms with Gasteiger partial charge in [-0.1, -0.05) is 17.3 Å². The third-order valence-corrected chi connectivity index (χ3v) is 6.48. The molecule has 206 valence electrons. The average Bonchev–Trinajstić information content (AvgIpc) is 3.33. The lowest BCUT2D eigenvalue weighted by molar-refractivity contribution is -0.138. The highest BCUT2D eigenvalue weighted by Crippen LogP contribution is 2.41. The van der Waals surface area contributed by atoms with E-state index in [1.807, 2.05) is 11.8 Å². The Morgan fingerprint density at radius 2 is 1.95 bits per heavy atom. The zero-order valence-electron chi connectivity index (χ0n) is 21.3. The predicted octanol–water partition coefficient (Wildman–Crippen LogP) is 5.75. The van der Waals surface area contributed by atoms with Gasteiger partial charge in [-0.3, -0.25) is 9.69 Å². The average molecular weight is 555 g/mol. The van der Waals surface area contributed by atoms with Gasteiger partial charge in [0.15, 0.2) is 0 Å². The Hall–Kier alpha value is -3.31. The lowest BCUT2D eigenvalue weighted by Gasteiger charge is -2.37. The fourth-order valence-electron chi connectivity index (χ4n) is 4.65. The monoisotopic (exact) mass is 554 g/mol. The van der Waals surface area contributed by atoms with E-state index in [9.17, 15) is 18.0 Å². The van der Waals surface area contributed by atoms with Gasteiger partial charge >= 0.3 is 12.1 Å². The first-order valence-electron chi connectivity index (χ1n) is 12.0. The third kappa shape index (κ3) is 6.57. The molecule has 1 unspecified atom stereocenters. The lowest BCUT2D eigenvalue weighted by atomic mass is 9.99. The number of benzene rings is 2. The van der Waals surface area contributed by atoms with Gasteiger partial charge in [0.05, 0.1) is 19.2 Å². The summed E-state index contributed by atoms with van der Waals surface area (Å²) in [5.74, 6) is -0.269. The second kappa shape index (κ2) is 12.0. The number of carbonyl (C=O) groups is 1. The summed E-state index contributed by atoms with van der Waals surface area (Å²) >= 11 is 0. The molecule has 2 aromatic carbocycles. The van der Waals surface area contributed by atoms with Crippen LogP contribution in [0, 0.1) is 0 Å². The minimum atomic E-state index is -4.54. The molecular formula is C26H30ClF3N4O4. The number of aromatic nitrogens is 2. The normalized spacial score (nSPS) is 15.9. The van der Waals surface area contributed by atoms with Crippen molar-refractivity contribution < 1.29 is 32.3 Å². The summed E-state index contributed by atoms with van der Waals surface area (Å²) in [7, 11) is 3.17. The number of ether oxygens (including phenoxy) is 1. The van der Waals surface area contributed by atoms with E-state index in [1.165, 1.54) is 13.2 Å². The molecule has 4 rings (SSSR count). The molecular weight excluding hydrogens is 525 g/mol. The number of anilines is 1. The van der Waals surface area contributed by atoms with E-state index in [0.29, 0.717) is 24.4 Å². The molecule has 0 saturated carbocycles. The van der Waals surface area contributed by atoms with Crippen LogP contribution in [0.4, 0.5) is 18.9 Å². The van der Waals surface area contributed by atoms with Gasteiger partial charge in [-0.2, -0.15) is 18.2 Å². The molecule has 12 heteroatoms. The molecule has 1 saturated heterocycles. The number of methoxy groups -OCH3 is 1. The number of likely N-dealkylation sites (N-methyl/N-ethyl adjacent to an activating group) is 1. The van der Waals surface area contributed by atoms with Crippen LogP contribution in [-0.2, 0) is 17.5 Å². The van der Waals surface area contributed by atoms with E-state index in [2.05, 4.69) is 10.1 Å². The molecule has 1 aliphatic rings. The van der Waals surface area contributed by atoms with Crippen molar-refractivity contribution in [1.82, 2.24) is 15.0 Å². The number of carboxylic acids is 1. The van der Waals surface area contributed by atoms with Crippen LogP contribution in [-0.4, -0.2) is 59.4 Å². The summed E-state index contributed by atoms with van der Waals surface area (Å²) < 4.78 is 52.9. The summed E-state index contributed by atoms with van der Waals surface area (Å²) in [6.07, 6.45) is -1.83. The van der Waals surface area contributed by atoms with Gasteiger partial charge in [0.25, 0.3) is 5.89 Å². The first-order chi connectivity index (χ1) is 17.6. The summed E-state index contributed by atoms with van der Waals surface area (Å²) in [6, 6.07) is 9.32. The Kier molecular flexibility index (Phi) is 9.26. The summed E-state index contributed by atoms with van der Waals surface area (Å²) in [4.78, 5) is 18.7. The fraction of sp³-hybridized carbons (Fsp3) is 0.423. The van der Waals surface area contributed by atoms with Crippen LogP contribution in [0.1, 0.15) is 37.3 Å². The van der Waals surface area contributed by atoms with Gasteiger partial charge in [0.2, 0.25) is 5.82 Å². The summed E-state index contributed by atoms with van der Waals surface area (Å²) in [6.45, 7) is 2.74. The van der Waals surface area contributed by atoms with Crippen LogP contribution in [0.3, 0.4) is 0 Å². The van der Waals surface area contributed by atoms with Crippen molar-refractivity contribution in [3.05, 3.63) is 47.5 Å². The Labute approximate surface area is 224 Å². The Bertz CT molecular complexity index is 1270. The molecule has 0 amide bonds. The highest BCUT2D eigenvalue weighted by molar-refractivity contribution is 5.85. The summed E-state index contributed by atoms with van der Waals surface area (Å²) in [5, 5.41) is 12.9. The maximum atomic E-state index is 14.0. The molecule has 3 aromatic rings. The molecule has 8 nitrogen and oxygen atoms in total. The first kappa shape index (κ1) is 29.2. The van der Waals surface area contributed by atoms with Crippen molar-refractivity contribution in [1.29, 1.82) is 0 Å². The summed E-state index contributed by atoms with van der Waals surface area (Å²) in [5.41, 5.74) is 0.923. The lowest BCUT2D eigenvalue weighted by Crippen LogP contribution is -2.38. The quantitative estimate of drug-likeness (QED) is 0.376. The van der Waals surface area contributed by atoms with Gasteiger partial charge in [0.1, 0.15) is 5.75 Å². The maximum Gasteiger partial charge on any atom is 0.418 e. The van der Waals surface area contributed by atoms with Crippen LogP contribution >= 0.6 is 12.4 Å². The number of carboxylic acid groups (broad SMARTS) is 1. The standard InChI is InChI=1S/C26H29F3N4O4.ClH/c1-16-6-4-5-11-33(16)21-10-9-18(12-20(21)26(27,28)29)25-30-24(31-37-25)17-7-8-19(22(13-17)36-3)14-32(2)15-23(34)35;/h7-10,12-13,16H,4-6,11,14-15H2,1-3H3,(H,34,35);1H. The van der Waals surface area contributed by atoms with E-state index in [0.717, 1.165) is 30.9 Å². The molecule has 2 heterocycles. The zero-order valence-corrected chi connectivity index (χ0v) is 22.1. The van der Waals surface area contributed by atoms with Gasteiger partial charge in [-0.15, -0.1) is 12.4 Å². The molecule has 0 radical (unpaired) electrons. The van der Waals surface area contributed by atoms with Gasteiger partial charge in [-0.25, -0.2) is 0 Å². The van der Waals surface area contributed by atoms with Crippen molar-refractivity contribution in [2.75, 3.05) is 32.1 Å². The third-order valence-electron chi connectivity index (χ3n) is 6.48. The van der Waals surface area contributed by atoms with Crippen LogP contribution in [0.5, 0.6) is 5.75 Å². The fourth-order valence-corrected chi connectivity index (χ4v) is 4.65. The molecule has 0 spiro atoms. The second-order valence-electron chi connectivity index (χ2n) is 9.28. The van der Waals surface area contributed by atoms with E-state index < -0.39 is 17.7 Å². The van der Waals surface area contributed by atoms with Crippen LogP contribution in [0.25, 0.3) is 22.8 Å². The molecule has 0 aliphatic carbocycles. The number of hydrogen-bond acceptors (Lipinski definition) is 7. The van der Waals surface area contributed by atoms with Gasteiger partial charge < -0.3 is 19.3 Å². The van der Waals surface area contributed by atoms with E-state index in [4.69, 9.17) is 14.4 Å². The Morgan fingerprint density at radius 1 is 1.21 bits per heavy atom. The van der Waals surface area contributed by atoms with Crippen LogP contribution < -0.4 is 9.64 Å². The number of halogens is 4. The number of aliphatic carboxylic acids is 1. The molecule has 1 fully saturated rings. The van der Waals surface area contributed by atoms with Crippen molar-refractivity contribution in [2.45, 2.75) is 44.9 Å². The zero-order chi connectivity index (χ0) is 26.7. The van der Waals surface area contributed by atoms with Crippen molar-refractivity contribution in [2.24, 2.45) is 0 Å². The van der Waals surface area contributed by atoms with Crippen LogP contribution in [0.15, 0.2) is 40.9 Å². The van der Waals surface area contributed by atoms with Gasteiger partial charge in [0, 0.05) is 41.5 Å². The molecule has 0 bridgehead atoms. The van der Waals surface area contributed by atoms with Crippen molar-refractivity contribution in [3.8, 4) is 28.6 Å². The first-order valence-corrected chi connectivity index (χ1v) is 12.0. The largest absolute Gasteiger partial charge is 0.496 e. The van der Waals surface area contributed by atoms with E-state index in [-0.39, 0.29) is 48.0 Å². The number of hydrogen-bond donors (Lipinski definition) is 1. The highest BCUT2D eigenvalue weighted by Gasteiger charge is 2.37. The topological polar surface area (TPSA) is 91.9 Å². The minimum absolute atomic E-state index is 0. The smallest absolute Gasteiger partial charge is 0.418 e. The predicted molar refractivity (Wildman–Crippen MR) is 139 cm³/mol. The van der Waals surface area contributed by atoms with E-state index in [1.54, 1.807) is 36.2 Å². The number of alkyl halides is 3. The molecule has 1 N–H and O–H groups in total. The van der Waals surface area contributed by atoms with E-state index >= 15 is 0 Å². The van der Waals surface area contributed by atoms with Crippen molar-refractivity contribution in [3.63, 3.8) is 0 Å². The SMILES string of the molecule is COc1cc(-c2noc(-c3ccc(N4CCCCC4C)c(C(F)(F)F)c3)n2)ccc1CN(C)CC(=O)O.Cl. The highest BCUT2D eigenvalue weighted by atomic mass is 35.5. The molecule has 1 atom stereocenters. The molecule has 1 aliphatic heterocycles. The number of rotatable bonds is 8. The Morgan fingerprint density at radius 3 is 2.61 bits per heavy atom. The van der Waals surface area contributed by atoms with Crippen LogP contribution in [0.2, 0.25) is 0 Å². The minimum Gasteiger partial charge on any atom is -0.496 e.